The summed E-state index contributed by atoms with van der Waals surface area (Å²) in [5.41, 5.74) is 9.05. The Bertz CT molecular complexity index is 814. The van der Waals surface area contributed by atoms with Crippen LogP contribution in [-0.2, 0) is 0 Å². The summed E-state index contributed by atoms with van der Waals surface area (Å²) in [5.74, 6) is 0.465. The van der Waals surface area contributed by atoms with Crippen LogP contribution in [0.1, 0.15) is 5.56 Å². The molecule has 1 heterocycles. The molecule has 3 aromatic rings. The maximum absolute atomic E-state index is 13.5. The minimum Gasteiger partial charge on any atom is -0.380 e. The van der Waals surface area contributed by atoms with E-state index in [-0.39, 0.29) is 11.6 Å². The standard InChI is InChI=1S/C16H12BrFN2O/c1-9-7-11(17)5-6-13(9)15-14(16(19)20-21-15)10-3-2-4-12(18)8-10/h2-8H,1H3,(H2,19,20). The molecule has 3 rings (SSSR count). The molecular weight excluding hydrogens is 335 g/mol. The highest BCUT2D eigenvalue weighted by atomic mass is 79.9. The number of nitrogen functional groups attached to an aromatic ring is 1. The van der Waals surface area contributed by atoms with Crippen LogP contribution in [0, 0.1) is 12.7 Å². The molecule has 5 heteroatoms. The van der Waals surface area contributed by atoms with Crippen LogP contribution in [-0.4, -0.2) is 5.16 Å². The maximum Gasteiger partial charge on any atom is 0.177 e. The number of aryl methyl sites for hydroxylation is 1. The Balaban J connectivity index is 2.22. The van der Waals surface area contributed by atoms with Gasteiger partial charge in [-0.1, -0.05) is 33.2 Å². The van der Waals surface area contributed by atoms with Crippen molar-refractivity contribution in [1.82, 2.24) is 5.16 Å². The number of halogens is 2. The van der Waals surface area contributed by atoms with Crippen molar-refractivity contribution in [3.63, 3.8) is 0 Å². The zero-order valence-electron chi connectivity index (χ0n) is 11.2. The highest BCUT2D eigenvalue weighted by molar-refractivity contribution is 9.10. The van der Waals surface area contributed by atoms with Gasteiger partial charge >= 0.3 is 0 Å². The number of nitrogens with two attached hydrogens (primary N) is 1. The molecule has 0 aliphatic heterocycles. The monoisotopic (exact) mass is 346 g/mol. The maximum atomic E-state index is 13.5. The van der Waals surface area contributed by atoms with E-state index in [1.807, 2.05) is 25.1 Å². The SMILES string of the molecule is Cc1cc(Br)ccc1-c1onc(N)c1-c1cccc(F)c1. The molecule has 0 amide bonds. The summed E-state index contributed by atoms with van der Waals surface area (Å²) in [7, 11) is 0. The van der Waals surface area contributed by atoms with Crippen molar-refractivity contribution in [2.75, 3.05) is 5.73 Å². The third-order valence-electron chi connectivity index (χ3n) is 3.26. The van der Waals surface area contributed by atoms with Gasteiger partial charge in [-0.25, -0.2) is 4.39 Å². The molecular formula is C16H12BrFN2O. The van der Waals surface area contributed by atoms with Gasteiger partial charge in [-0.3, -0.25) is 0 Å². The molecule has 2 N–H and O–H groups in total. The van der Waals surface area contributed by atoms with Gasteiger partial charge in [0.15, 0.2) is 11.6 Å². The first kappa shape index (κ1) is 13.8. The lowest BCUT2D eigenvalue weighted by Crippen LogP contribution is -1.90. The second kappa shape index (κ2) is 5.33. The second-order valence-electron chi connectivity index (χ2n) is 4.74. The Morgan fingerprint density at radius 2 is 2.00 bits per heavy atom. The van der Waals surface area contributed by atoms with Gasteiger partial charge in [0.1, 0.15) is 5.82 Å². The first-order valence-electron chi connectivity index (χ1n) is 6.34. The van der Waals surface area contributed by atoms with Crippen LogP contribution < -0.4 is 5.73 Å². The number of rotatable bonds is 2. The lowest BCUT2D eigenvalue weighted by molar-refractivity contribution is 0.436. The third kappa shape index (κ3) is 2.56. The number of anilines is 1. The second-order valence-corrected chi connectivity index (χ2v) is 5.66. The average molecular weight is 347 g/mol. The molecule has 0 fully saturated rings. The van der Waals surface area contributed by atoms with E-state index in [2.05, 4.69) is 21.1 Å². The fraction of sp³-hybridized carbons (Fsp3) is 0.0625. The quantitative estimate of drug-likeness (QED) is 0.724. The first-order chi connectivity index (χ1) is 10.1. The van der Waals surface area contributed by atoms with Crippen molar-refractivity contribution in [2.45, 2.75) is 6.92 Å². The molecule has 0 aliphatic carbocycles. The van der Waals surface area contributed by atoms with Crippen LogP contribution >= 0.6 is 15.9 Å². The molecule has 0 unspecified atom stereocenters. The van der Waals surface area contributed by atoms with Crippen molar-refractivity contribution in [3.05, 3.63) is 58.3 Å². The van der Waals surface area contributed by atoms with Crippen LogP contribution in [0.5, 0.6) is 0 Å². The summed E-state index contributed by atoms with van der Waals surface area (Å²) in [5, 5.41) is 3.83. The molecule has 0 radical (unpaired) electrons. The van der Waals surface area contributed by atoms with E-state index in [9.17, 15) is 4.39 Å². The number of aromatic nitrogens is 1. The third-order valence-corrected chi connectivity index (χ3v) is 3.76. The molecule has 1 aromatic heterocycles. The van der Waals surface area contributed by atoms with Gasteiger partial charge in [0.2, 0.25) is 0 Å². The lowest BCUT2D eigenvalue weighted by Gasteiger charge is -2.06. The molecule has 0 saturated carbocycles. The normalized spacial score (nSPS) is 10.8. The smallest absolute Gasteiger partial charge is 0.177 e. The summed E-state index contributed by atoms with van der Waals surface area (Å²) in [6.45, 7) is 1.97. The van der Waals surface area contributed by atoms with Crippen molar-refractivity contribution in [3.8, 4) is 22.5 Å². The first-order valence-corrected chi connectivity index (χ1v) is 7.13. The fourth-order valence-electron chi connectivity index (χ4n) is 2.29. The van der Waals surface area contributed by atoms with Crippen molar-refractivity contribution in [1.29, 1.82) is 0 Å². The molecule has 0 atom stereocenters. The molecule has 2 aromatic carbocycles. The van der Waals surface area contributed by atoms with Crippen molar-refractivity contribution in [2.24, 2.45) is 0 Å². The van der Waals surface area contributed by atoms with E-state index >= 15 is 0 Å². The number of hydrogen-bond acceptors (Lipinski definition) is 3. The van der Waals surface area contributed by atoms with Gasteiger partial charge in [0.25, 0.3) is 0 Å². The molecule has 106 valence electrons. The minimum atomic E-state index is -0.327. The number of benzene rings is 2. The van der Waals surface area contributed by atoms with Crippen LogP contribution in [0.3, 0.4) is 0 Å². The Morgan fingerprint density at radius 1 is 1.19 bits per heavy atom. The number of nitrogens with zero attached hydrogens (tertiary/aromatic N) is 1. The zero-order valence-corrected chi connectivity index (χ0v) is 12.8. The van der Waals surface area contributed by atoms with E-state index in [0.717, 1.165) is 15.6 Å². The van der Waals surface area contributed by atoms with Crippen LogP contribution in [0.15, 0.2) is 51.5 Å². The Labute approximate surface area is 129 Å². The van der Waals surface area contributed by atoms with Gasteiger partial charge in [-0.2, -0.15) is 0 Å². The van der Waals surface area contributed by atoms with Gasteiger partial charge in [0, 0.05) is 10.0 Å². The summed E-state index contributed by atoms with van der Waals surface area (Å²) >= 11 is 3.43. The zero-order chi connectivity index (χ0) is 15.0. The predicted molar refractivity (Wildman–Crippen MR) is 84.2 cm³/mol. The Kier molecular flexibility index (Phi) is 3.51. The predicted octanol–water partition coefficient (Wildman–Crippen LogP) is 4.80. The highest BCUT2D eigenvalue weighted by Crippen LogP contribution is 2.38. The van der Waals surface area contributed by atoms with E-state index in [4.69, 9.17) is 10.3 Å². The molecule has 0 aliphatic rings. The van der Waals surface area contributed by atoms with Crippen LogP contribution in [0.25, 0.3) is 22.5 Å². The summed E-state index contributed by atoms with van der Waals surface area (Å²) in [6.07, 6.45) is 0. The molecule has 0 spiro atoms. The lowest BCUT2D eigenvalue weighted by atomic mass is 9.99. The largest absolute Gasteiger partial charge is 0.380 e. The average Bonchev–Trinajstić information content (AvgIpc) is 2.80. The summed E-state index contributed by atoms with van der Waals surface area (Å²) in [4.78, 5) is 0. The summed E-state index contributed by atoms with van der Waals surface area (Å²) < 4.78 is 19.8. The van der Waals surface area contributed by atoms with E-state index in [1.54, 1.807) is 12.1 Å². The van der Waals surface area contributed by atoms with Crippen molar-refractivity contribution < 1.29 is 8.91 Å². The molecule has 3 nitrogen and oxygen atoms in total. The highest BCUT2D eigenvalue weighted by Gasteiger charge is 2.19. The van der Waals surface area contributed by atoms with E-state index < -0.39 is 0 Å². The number of hydrogen-bond donors (Lipinski definition) is 1. The Morgan fingerprint density at radius 3 is 2.71 bits per heavy atom. The fourth-order valence-corrected chi connectivity index (χ4v) is 2.77. The van der Waals surface area contributed by atoms with Crippen molar-refractivity contribution >= 4 is 21.7 Å². The molecule has 0 saturated heterocycles. The molecule has 0 bridgehead atoms. The van der Waals surface area contributed by atoms with E-state index in [1.165, 1.54) is 12.1 Å². The van der Waals surface area contributed by atoms with Gasteiger partial charge in [0.05, 0.1) is 5.56 Å². The van der Waals surface area contributed by atoms with Gasteiger partial charge in [-0.05, 0) is 48.4 Å². The van der Waals surface area contributed by atoms with Gasteiger partial charge in [-0.15, -0.1) is 0 Å². The van der Waals surface area contributed by atoms with Crippen LogP contribution in [0.2, 0.25) is 0 Å². The topological polar surface area (TPSA) is 52.0 Å². The van der Waals surface area contributed by atoms with Crippen LogP contribution in [0.4, 0.5) is 10.2 Å². The molecule has 21 heavy (non-hydrogen) atoms. The Hall–Kier alpha value is -2.14. The minimum absolute atomic E-state index is 0.248. The summed E-state index contributed by atoms with van der Waals surface area (Å²) in [6, 6.07) is 12.0. The van der Waals surface area contributed by atoms with E-state index in [0.29, 0.717) is 16.9 Å². The van der Waals surface area contributed by atoms with Gasteiger partial charge < -0.3 is 10.3 Å².